The lowest BCUT2D eigenvalue weighted by Gasteiger charge is -2.47. The highest BCUT2D eigenvalue weighted by Crippen LogP contribution is 2.38. The van der Waals surface area contributed by atoms with Crippen molar-refractivity contribution in [2.75, 3.05) is 20.3 Å². The van der Waals surface area contributed by atoms with Gasteiger partial charge in [0.15, 0.2) is 5.78 Å². The van der Waals surface area contributed by atoms with Gasteiger partial charge < -0.3 is 14.2 Å². The number of halogens is 3. The molecule has 10 heteroatoms. The number of nitrogens with zero attached hydrogens (tertiary/aromatic N) is 2. The van der Waals surface area contributed by atoms with Crippen LogP contribution < -0.4 is 4.74 Å². The van der Waals surface area contributed by atoms with Crippen LogP contribution in [0.5, 0.6) is 5.88 Å². The molecule has 2 atom stereocenters. The molecule has 2 aliphatic rings. The summed E-state index contributed by atoms with van der Waals surface area (Å²) in [4.78, 5) is 30.9. The van der Waals surface area contributed by atoms with E-state index in [-0.39, 0.29) is 43.7 Å². The molecule has 3 rings (SSSR count). The molecule has 0 radical (unpaired) electrons. The van der Waals surface area contributed by atoms with Crippen molar-refractivity contribution >= 4 is 11.9 Å². The fourth-order valence-corrected chi connectivity index (χ4v) is 3.93. The van der Waals surface area contributed by atoms with Crippen molar-refractivity contribution in [1.29, 1.82) is 0 Å². The number of ketones is 1. The Morgan fingerprint density at radius 1 is 1.17 bits per heavy atom. The van der Waals surface area contributed by atoms with Crippen LogP contribution in [0.1, 0.15) is 49.5 Å². The van der Waals surface area contributed by atoms with Crippen molar-refractivity contribution in [1.82, 2.24) is 9.88 Å². The number of aromatic nitrogens is 1. The number of piperidine rings is 1. The molecule has 7 nitrogen and oxygen atoms in total. The molecule has 0 N–H and O–H groups in total. The van der Waals surface area contributed by atoms with Crippen LogP contribution in [0.2, 0.25) is 0 Å². The third-order valence-corrected chi connectivity index (χ3v) is 5.13. The fourth-order valence-electron chi connectivity index (χ4n) is 3.93. The summed E-state index contributed by atoms with van der Waals surface area (Å²) in [7, 11) is 1.09. The average molecular weight is 430 g/mol. The summed E-state index contributed by atoms with van der Waals surface area (Å²) < 4.78 is 55.5. The number of alkyl halides is 3. The summed E-state index contributed by atoms with van der Waals surface area (Å²) in [5.41, 5.74) is -1.88. The summed E-state index contributed by atoms with van der Waals surface area (Å²) >= 11 is 0. The van der Waals surface area contributed by atoms with Gasteiger partial charge in [-0.1, -0.05) is 0 Å². The van der Waals surface area contributed by atoms with Crippen molar-refractivity contribution in [2.24, 2.45) is 5.92 Å². The molecule has 2 fully saturated rings. The first-order chi connectivity index (χ1) is 13.9. The molecule has 2 bridgehead atoms. The van der Waals surface area contributed by atoms with E-state index in [9.17, 15) is 22.8 Å². The second kappa shape index (κ2) is 8.05. The highest BCUT2D eigenvalue weighted by molar-refractivity contribution is 5.98. The number of carbonyl (C=O) groups is 2. The average Bonchev–Trinajstić information content (AvgIpc) is 2.63. The number of morpholine rings is 1. The van der Waals surface area contributed by atoms with E-state index in [0.717, 1.165) is 19.4 Å². The smallest absolute Gasteiger partial charge is 0.421 e. The van der Waals surface area contributed by atoms with Gasteiger partial charge in [-0.05, 0) is 39.7 Å². The van der Waals surface area contributed by atoms with Crippen molar-refractivity contribution in [3.05, 3.63) is 23.4 Å². The third-order valence-electron chi connectivity index (χ3n) is 5.13. The SMILES string of the molecule is COc1ncc(C(=O)C2CC3COCC(C2)N3C(=O)OC(C)(C)C)cc1C(F)(F)F. The predicted octanol–water partition coefficient (Wildman–Crippen LogP) is 3.71. The summed E-state index contributed by atoms with van der Waals surface area (Å²) in [6.07, 6.45) is -3.51. The van der Waals surface area contributed by atoms with Crippen molar-refractivity contribution in [3.8, 4) is 5.88 Å². The van der Waals surface area contributed by atoms with E-state index in [1.165, 1.54) is 0 Å². The summed E-state index contributed by atoms with van der Waals surface area (Å²) in [6.45, 7) is 5.79. The van der Waals surface area contributed by atoms with Crippen LogP contribution in [0.15, 0.2) is 12.3 Å². The molecular formula is C20H25F3N2O5. The second-order valence-electron chi connectivity index (χ2n) is 8.54. The van der Waals surface area contributed by atoms with Crippen LogP contribution in [0, 0.1) is 5.92 Å². The van der Waals surface area contributed by atoms with Gasteiger partial charge in [0.2, 0.25) is 5.88 Å². The Labute approximate surface area is 172 Å². The number of methoxy groups -OCH3 is 1. The van der Waals surface area contributed by atoms with Gasteiger partial charge in [-0.2, -0.15) is 13.2 Å². The number of ether oxygens (including phenoxy) is 3. The Balaban J connectivity index is 1.81. The number of hydrogen-bond acceptors (Lipinski definition) is 6. The topological polar surface area (TPSA) is 78.0 Å². The Morgan fingerprint density at radius 2 is 1.77 bits per heavy atom. The Hall–Kier alpha value is -2.36. The fraction of sp³-hybridized carbons (Fsp3) is 0.650. The molecule has 2 unspecified atom stereocenters. The van der Waals surface area contributed by atoms with Gasteiger partial charge in [0, 0.05) is 17.7 Å². The van der Waals surface area contributed by atoms with E-state index in [4.69, 9.17) is 9.47 Å². The van der Waals surface area contributed by atoms with Crippen molar-refractivity contribution in [2.45, 2.75) is 57.5 Å². The quantitative estimate of drug-likeness (QED) is 0.681. The van der Waals surface area contributed by atoms with E-state index < -0.39 is 41.0 Å². The number of fused-ring (bicyclic) bond motifs is 2. The van der Waals surface area contributed by atoms with Crippen molar-refractivity contribution < 1.29 is 37.0 Å². The van der Waals surface area contributed by atoms with E-state index in [2.05, 4.69) is 9.72 Å². The molecule has 0 aliphatic carbocycles. The Kier molecular flexibility index (Phi) is 5.99. The normalized spacial score (nSPS) is 24.4. The molecule has 1 aromatic heterocycles. The largest absolute Gasteiger partial charge is 0.481 e. The molecule has 0 aromatic carbocycles. The standard InChI is InChI=1S/C20H25F3N2O5/c1-19(2,3)30-18(27)25-13-5-11(6-14(25)10-29-9-13)16(26)12-7-15(20(21,22)23)17(28-4)24-8-12/h7-8,11,13-14H,5-6,9-10H2,1-4H3. The minimum absolute atomic E-state index is 0.127. The number of pyridine rings is 1. The number of Topliss-reactive ketones (excluding diaryl/α,β-unsaturated/α-hetero) is 1. The molecule has 30 heavy (non-hydrogen) atoms. The van der Waals surface area contributed by atoms with E-state index in [0.29, 0.717) is 0 Å². The molecule has 1 amide bonds. The molecule has 166 valence electrons. The van der Waals surface area contributed by atoms with Gasteiger partial charge in [0.1, 0.15) is 11.2 Å². The first-order valence-electron chi connectivity index (χ1n) is 9.65. The van der Waals surface area contributed by atoms with Crippen LogP contribution in [-0.4, -0.2) is 59.8 Å². The molecule has 0 spiro atoms. The lowest BCUT2D eigenvalue weighted by atomic mass is 9.81. The molecule has 0 saturated carbocycles. The first kappa shape index (κ1) is 22.3. The van der Waals surface area contributed by atoms with Gasteiger partial charge in [-0.15, -0.1) is 0 Å². The second-order valence-corrected chi connectivity index (χ2v) is 8.54. The number of amides is 1. The van der Waals surface area contributed by atoms with Gasteiger partial charge in [-0.3, -0.25) is 9.69 Å². The number of carbonyl (C=O) groups excluding carboxylic acids is 2. The third kappa shape index (κ3) is 4.69. The molecule has 2 aliphatic heterocycles. The monoisotopic (exact) mass is 430 g/mol. The maximum absolute atomic E-state index is 13.3. The maximum atomic E-state index is 13.3. The summed E-state index contributed by atoms with van der Waals surface area (Å²) in [5, 5.41) is 0. The molecule has 3 heterocycles. The summed E-state index contributed by atoms with van der Waals surface area (Å²) in [5.74, 6) is -1.56. The van der Waals surface area contributed by atoms with Crippen LogP contribution in [0.3, 0.4) is 0 Å². The van der Waals surface area contributed by atoms with Gasteiger partial charge in [0.25, 0.3) is 0 Å². The zero-order chi connectivity index (χ0) is 22.3. The first-order valence-corrected chi connectivity index (χ1v) is 9.65. The van der Waals surface area contributed by atoms with Crippen molar-refractivity contribution in [3.63, 3.8) is 0 Å². The molecule has 1 aromatic rings. The van der Waals surface area contributed by atoms with Gasteiger partial charge in [0.05, 0.1) is 32.4 Å². The van der Waals surface area contributed by atoms with E-state index >= 15 is 0 Å². The predicted molar refractivity (Wildman–Crippen MR) is 99.3 cm³/mol. The maximum Gasteiger partial charge on any atom is 0.421 e. The van der Waals surface area contributed by atoms with Crippen LogP contribution in [-0.2, 0) is 15.7 Å². The molecule has 2 saturated heterocycles. The highest BCUT2D eigenvalue weighted by atomic mass is 19.4. The lowest BCUT2D eigenvalue weighted by molar-refractivity contribution is -0.139. The number of hydrogen-bond donors (Lipinski definition) is 0. The lowest BCUT2D eigenvalue weighted by Crippen LogP contribution is -2.60. The van der Waals surface area contributed by atoms with E-state index in [1.54, 1.807) is 25.7 Å². The zero-order valence-corrected chi connectivity index (χ0v) is 17.3. The van der Waals surface area contributed by atoms with Gasteiger partial charge >= 0.3 is 12.3 Å². The summed E-state index contributed by atoms with van der Waals surface area (Å²) in [6, 6.07) is 0.0184. The zero-order valence-electron chi connectivity index (χ0n) is 17.3. The molecular weight excluding hydrogens is 405 g/mol. The minimum atomic E-state index is -4.70. The van der Waals surface area contributed by atoms with E-state index in [1.807, 2.05) is 0 Å². The minimum Gasteiger partial charge on any atom is -0.481 e. The van der Waals surface area contributed by atoms with Crippen LogP contribution >= 0.6 is 0 Å². The number of rotatable bonds is 3. The van der Waals surface area contributed by atoms with Gasteiger partial charge in [-0.25, -0.2) is 9.78 Å². The Bertz CT molecular complexity index is 808. The Morgan fingerprint density at radius 3 is 2.27 bits per heavy atom. The van der Waals surface area contributed by atoms with Crippen LogP contribution in [0.25, 0.3) is 0 Å². The van der Waals surface area contributed by atoms with Crippen LogP contribution in [0.4, 0.5) is 18.0 Å². The highest BCUT2D eigenvalue weighted by Gasteiger charge is 2.45.